The van der Waals surface area contributed by atoms with Crippen LogP contribution in [0.2, 0.25) is 0 Å². The molecule has 2 nitrogen and oxygen atoms in total. The van der Waals surface area contributed by atoms with Crippen LogP contribution in [0.1, 0.15) is 24.5 Å². The van der Waals surface area contributed by atoms with E-state index in [-0.39, 0.29) is 0 Å². The van der Waals surface area contributed by atoms with E-state index in [1.807, 2.05) is 6.21 Å². The summed E-state index contributed by atoms with van der Waals surface area (Å²) < 4.78 is 6.07. The van der Waals surface area contributed by atoms with E-state index in [1.165, 1.54) is 38.2 Å². The number of hydrogen-bond donors (Lipinski definition) is 0. The molecule has 0 spiro atoms. The first kappa shape index (κ1) is 31.8. The zero-order chi connectivity index (χ0) is 34.6. The van der Waals surface area contributed by atoms with Crippen molar-refractivity contribution in [2.24, 2.45) is 4.99 Å². The second-order valence-electron chi connectivity index (χ2n) is 12.9. The quantitative estimate of drug-likeness (QED) is 0.142. The highest BCUT2D eigenvalue weighted by Gasteiger charge is 2.15. The van der Waals surface area contributed by atoms with Crippen LogP contribution in [-0.4, -0.2) is 13.3 Å². The summed E-state index contributed by atoms with van der Waals surface area (Å²) in [6.07, 6.45) is 4.08. The maximum atomic E-state index is 6.07. The molecule has 0 saturated carbocycles. The minimum Gasteiger partial charge on any atom is -0.494 e. The average molecular weight is 656 g/mol. The molecule has 0 atom stereocenters. The summed E-state index contributed by atoms with van der Waals surface area (Å²) >= 11 is 0. The van der Waals surface area contributed by atoms with E-state index in [0.29, 0.717) is 5.75 Å². The van der Waals surface area contributed by atoms with Gasteiger partial charge < -0.3 is 4.74 Å². The molecule has 0 fully saturated rings. The van der Waals surface area contributed by atoms with E-state index < -0.39 is 0 Å². The number of benzene rings is 7. The van der Waals surface area contributed by atoms with Gasteiger partial charge in [0.05, 0.1) is 7.11 Å². The molecule has 8 rings (SSSR count). The fourth-order valence-electron chi connectivity index (χ4n) is 7.00. The lowest BCUT2D eigenvalue weighted by Gasteiger charge is -2.14. The normalized spacial score (nSPS) is 11.3. The van der Waals surface area contributed by atoms with E-state index in [9.17, 15) is 0 Å². The van der Waals surface area contributed by atoms with Crippen molar-refractivity contribution in [1.82, 2.24) is 0 Å². The Morgan fingerprint density at radius 3 is 1.84 bits per heavy atom. The third-order valence-corrected chi connectivity index (χ3v) is 9.56. The SMILES string of the molecule is CCCc1cccc(/C=N/c2c(OC)cc(-c3ccc(-c4cccc5ccccc45)cc3)cc2-c2c#cc(-c3cccc4ccccc34)cc2)c1. The van der Waals surface area contributed by atoms with Gasteiger partial charge in [0.25, 0.3) is 0 Å². The lowest BCUT2D eigenvalue weighted by molar-refractivity contribution is 0.416. The van der Waals surface area contributed by atoms with Crippen LogP contribution in [0.5, 0.6) is 5.75 Å². The number of methoxy groups -OCH3 is 1. The number of aliphatic imine (C=N–C) groups is 1. The van der Waals surface area contributed by atoms with Crippen LogP contribution in [-0.2, 0) is 6.42 Å². The standard InChI is InChI=1S/C49H37NO/c1-3-11-34-12-8-13-35(30-34)33-50-49-47(41-28-26-40(27-29-41)46-21-10-17-38-15-5-7-19-44(38)46)31-42(32-48(49)51-2)36-22-24-39(25-23-36)45-20-9-16-37-14-4-6-18-43(37)45/h4-10,12-26,28,30-33H,3,11H2,1-2H3/b50-33+. The van der Waals surface area contributed by atoms with Gasteiger partial charge in [0, 0.05) is 22.9 Å². The number of hydrogen-bond acceptors (Lipinski definition) is 2. The highest BCUT2D eigenvalue weighted by Crippen LogP contribution is 2.43. The Morgan fingerprint density at radius 2 is 1.16 bits per heavy atom. The van der Waals surface area contributed by atoms with Crippen molar-refractivity contribution in [2.75, 3.05) is 7.11 Å². The van der Waals surface area contributed by atoms with Crippen molar-refractivity contribution < 1.29 is 4.74 Å². The predicted octanol–water partition coefficient (Wildman–Crippen LogP) is 13.0. The largest absolute Gasteiger partial charge is 0.494 e. The molecule has 0 unspecified atom stereocenters. The van der Waals surface area contributed by atoms with Crippen LogP contribution in [0, 0.1) is 12.1 Å². The molecule has 0 amide bonds. The average Bonchev–Trinajstić information content (AvgIpc) is 3.20. The van der Waals surface area contributed by atoms with Gasteiger partial charge in [-0.25, -0.2) is 0 Å². The zero-order valence-electron chi connectivity index (χ0n) is 28.9. The monoisotopic (exact) mass is 655 g/mol. The van der Waals surface area contributed by atoms with Gasteiger partial charge in [0.1, 0.15) is 11.4 Å². The van der Waals surface area contributed by atoms with Gasteiger partial charge in [0.2, 0.25) is 0 Å². The maximum absolute atomic E-state index is 6.07. The minimum atomic E-state index is 0.702. The number of fused-ring (bicyclic) bond motifs is 2. The van der Waals surface area contributed by atoms with Crippen LogP contribution in [0.15, 0.2) is 163 Å². The molecule has 0 heterocycles. The zero-order valence-corrected chi connectivity index (χ0v) is 28.9. The molecule has 8 aromatic carbocycles. The molecule has 0 radical (unpaired) electrons. The summed E-state index contributed by atoms with van der Waals surface area (Å²) in [6.45, 7) is 2.20. The first-order valence-electron chi connectivity index (χ1n) is 17.5. The van der Waals surface area contributed by atoms with Crippen molar-refractivity contribution in [3.8, 4) is 50.3 Å². The van der Waals surface area contributed by atoms with Gasteiger partial charge in [-0.05, 0) is 91.2 Å². The van der Waals surface area contributed by atoms with Crippen molar-refractivity contribution >= 4 is 33.4 Å². The predicted molar refractivity (Wildman–Crippen MR) is 215 cm³/mol. The van der Waals surface area contributed by atoms with Crippen LogP contribution in [0.25, 0.3) is 66.1 Å². The van der Waals surface area contributed by atoms with E-state index >= 15 is 0 Å². The molecular weight excluding hydrogens is 619 g/mol. The number of nitrogens with zero attached hydrogens (tertiary/aromatic N) is 1. The van der Waals surface area contributed by atoms with Crippen LogP contribution < -0.4 is 4.74 Å². The Bertz CT molecular complexity index is 2500. The highest BCUT2D eigenvalue weighted by atomic mass is 16.5. The van der Waals surface area contributed by atoms with Crippen molar-refractivity contribution in [1.29, 1.82) is 0 Å². The third kappa shape index (κ3) is 6.51. The molecule has 0 aliphatic carbocycles. The second-order valence-corrected chi connectivity index (χ2v) is 12.9. The third-order valence-electron chi connectivity index (χ3n) is 9.56. The van der Waals surface area contributed by atoms with Gasteiger partial charge in [-0.3, -0.25) is 4.99 Å². The molecule has 0 saturated heterocycles. The molecular formula is C49H37NO. The summed E-state index contributed by atoms with van der Waals surface area (Å²) in [4.78, 5) is 5.08. The molecule has 0 bridgehead atoms. The lowest BCUT2D eigenvalue weighted by Crippen LogP contribution is -1.92. The number of ether oxygens (including phenoxy) is 1. The van der Waals surface area contributed by atoms with Gasteiger partial charge in [-0.2, -0.15) is 0 Å². The van der Waals surface area contributed by atoms with Crippen LogP contribution in [0.4, 0.5) is 5.69 Å². The van der Waals surface area contributed by atoms with E-state index in [0.717, 1.165) is 57.5 Å². The summed E-state index contributed by atoms with van der Waals surface area (Å²) in [6, 6.07) is 62.8. The van der Waals surface area contributed by atoms with Gasteiger partial charge in [0.15, 0.2) is 0 Å². The van der Waals surface area contributed by atoms with Crippen molar-refractivity contribution in [2.45, 2.75) is 19.8 Å². The Morgan fingerprint density at radius 1 is 0.549 bits per heavy atom. The van der Waals surface area contributed by atoms with Gasteiger partial charge in [-0.1, -0.05) is 159 Å². The van der Waals surface area contributed by atoms with Gasteiger partial charge in [-0.15, -0.1) is 0 Å². The van der Waals surface area contributed by atoms with Crippen LogP contribution >= 0.6 is 0 Å². The number of aryl methyl sites for hydroxylation is 1. The molecule has 244 valence electrons. The van der Waals surface area contributed by atoms with E-state index in [1.54, 1.807) is 7.11 Å². The summed E-state index contributed by atoms with van der Waals surface area (Å²) in [7, 11) is 1.72. The summed E-state index contributed by atoms with van der Waals surface area (Å²) in [5, 5.41) is 4.89. The summed E-state index contributed by atoms with van der Waals surface area (Å²) in [5.41, 5.74) is 11.6. The Labute approximate surface area is 300 Å². The molecule has 0 aromatic heterocycles. The van der Waals surface area contributed by atoms with E-state index in [4.69, 9.17) is 9.73 Å². The topological polar surface area (TPSA) is 21.6 Å². The number of rotatable bonds is 9. The Balaban J connectivity index is 1.22. The van der Waals surface area contributed by atoms with Gasteiger partial charge >= 0.3 is 0 Å². The first-order valence-corrected chi connectivity index (χ1v) is 17.5. The minimum absolute atomic E-state index is 0.702. The molecule has 0 aliphatic heterocycles. The van der Waals surface area contributed by atoms with Crippen molar-refractivity contribution in [3.05, 3.63) is 181 Å². The molecule has 0 N–H and O–H groups in total. The van der Waals surface area contributed by atoms with Crippen LogP contribution in [0.3, 0.4) is 0 Å². The molecule has 0 aliphatic rings. The Hall–Kier alpha value is -6.43. The first-order chi connectivity index (χ1) is 25.2. The van der Waals surface area contributed by atoms with E-state index in [2.05, 4.69) is 177 Å². The fraction of sp³-hybridized carbons (Fsp3) is 0.0816. The maximum Gasteiger partial charge on any atom is 0.145 e. The summed E-state index contributed by atoms with van der Waals surface area (Å²) in [5.74, 6) is 0.702. The molecule has 8 aromatic rings. The molecule has 51 heavy (non-hydrogen) atoms. The van der Waals surface area contributed by atoms with Crippen molar-refractivity contribution in [3.63, 3.8) is 0 Å². The Kier molecular flexibility index (Phi) is 8.86. The smallest absolute Gasteiger partial charge is 0.145 e. The molecule has 2 heteroatoms. The fourth-order valence-corrected chi connectivity index (χ4v) is 7.00. The highest BCUT2D eigenvalue weighted by molar-refractivity contribution is 5.98. The lowest BCUT2D eigenvalue weighted by atomic mass is 9.93. The second kappa shape index (κ2) is 14.2.